The molecule has 0 unspecified atom stereocenters. The highest BCUT2D eigenvalue weighted by molar-refractivity contribution is 6.02. The van der Waals surface area contributed by atoms with Gasteiger partial charge in [0.2, 0.25) is 0 Å². The fourth-order valence-corrected chi connectivity index (χ4v) is 3.35. The molecule has 1 N–H and O–H groups in total. The zero-order valence-corrected chi connectivity index (χ0v) is 18.1. The van der Waals surface area contributed by atoms with E-state index in [1.165, 1.54) is 0 Å². The molecule has 6 nitrogen and oxygen atoms in total. The predicted octanol–water partition coefficient (Wildman–Crippen LogP) is 5.09. The summed E-state index contributed by atoms with van der Waals surface area (Å²) in [6.07, 6.45) is 4.28. The molecule has 0 saturated heterocycles. The lowest BCUT2D eigenvalue weighted by Crippen LogP contribution is -2.24. The Kier molecular flexibility index (Phi) is 6.60. The van der Waals surface area contributed by atoms with Crippen molar-refractivity contribution in [2.75, 3.05) is 6.61 Å². The Morgan fingerprint density at radius 2 is 1.84 bits per heavy atom. The van der Waals surface area contributed by atoms with Gasteiger partial charge in [0.25, 0.3) is 5.91 Å². The lowest BCUT2D eigenvalue weighted by Gasteiger charge is -2.16. The van der Waals surface area contributed by atoms with Gasteiger partial charge in [-0.15, -0.1) is 0 Å². The zero-order chi connectivity index (χ0) is 22.3. The number of carbonyl (C=O) groups is 1. The number of aromatic nitrogens is 1. The van der Waals surface area contributed by atoms with Crippen LogP contribution in [-0.2, 0) is 4.79 Å². The van der Waals surface area contributed by atoms with Gasteiger partial charge in [0.15, 0.2) is 6.61 Å². The highest BCUT2D eigenvalue weighted by Gasteiger charge is 2.10. The summed E-state index contributed by atoms with van der Waals surface area (Å²) in [6, 6.07) is 21.4. The van der Waals surface area contributed by atoms with E-state index in [0.717, 1.165) is 33.9 Å². The first-order valence-electron chi connectivity index (χ1n) is 10.6. The van der Waals surface area contributed by atoms with Gasteiger partial charge in [-0.2, -0.15) is 5.10 Å². The van der Waals surface area contributed by atoms with Crippen LogP contribution in [0.4, 0.5) is 0 Å². The molecule has 0 bridgehead atoms. The molecule has 0 saturated carbocycles. The van der Waals surface area contributed by atoms with Crippen molar-refractivity contribution in [1.29, 1.82) is 0 Å². The molecule has 1 amide bonds. The predicted molar refractivity (Wildman–Crippen MR) is 127 cm³/mol. The van der Waals surface area contributed by atoms with Gasteiger partial charge in [-0.1, -0.05) is 55.5 Å². The van der Waals surface area contributed by atoms with Gasteiger partial charge in [-0.3, -0.25) is 9.78 Å². The standard InChI is InChI=1S/C26H25N3O3/c1-3-18(2)32-23-14-13-19-8-4-5-11-21(19)22(23)16-28-29-25(30)17-31-24-12-6-9-20-10-7-15-27-26(20)24/h4-16,18H,3,17H2,1-2H3,(H,29,30)/b28-16+/t18-/m1/s1. The minimum Gasteiger partial charge on any atom is -0.490 e. The molecule has 0 spiro atoms. The molecule has 0 radical (unpaired) electrons. The number of hydrogen-bond acceptors (Lipinski definition) is 5. The lowest BCUT2D eigenvalue weighted by molar-refractivity contribution is -0.123. The van der Waals surface area contributed by atoms with Crippen molar-refractivity contribution in [2.45, 2.75) is 26.4 Å². The van der Waals surface area contributed by atoms with Crippen molar-refractivity contribution < 1.29 is 14.3 Å². The third-order valence-electron chi connectivity index (χ3n) is 5.17. The van der Waals surface area contributed by atoms with E-state index >= 15 is 0 Å². The van der Waals surface area contributed by atoms with Crippen LogP contribution in [0.15, 0.2) is 78.0 Å². The lowest BCUT2D eigenvalue weighted by atomic mass is 10.0. The van der Waals surface area contributed by atoms with E-state index in [4.69, 9.17) is 9.47 Å². The molecule has 1 heterocycles. The number of fused-ring (bicyclic) bond motifs is 2. The van der Waals surface area contributed by atoms with Crippen molar-refractivity contribution in [3.63, 3.8) is 0 Å². The average Bonchev–Trinajstić information content (AvgIpc) is 2.83. The Hall–Kier alpha value is -3.93. The molecule has 0 fully saturated rings. The normalized spacial score (nSPS) is 12.2. The minimum atomic E-state index is -0.362. The Morgan fingerprint density at radius 3 is 2.72 bits per heavy atom. The average molecular weight is 428 g/mol. The minimum absolute atomic E-state index is 0.0700. The molecule has 0 aliphatic heterocycles. The second-order valence-corrected chi connectivity index (χ2v) is 7.45. The van der Waals surface area contributed by atoms with E-state index in [9.17, 15) is 4.79 Å². The number of carbonyl (C=O) groups excluding carboxylic acids is 1. The highest BCUT2D eigenvalue weighted by atomic mass is 16.5. The van der Waals surface area contributed by atoms with Gasteiger partial charge < -0.3 is 9.47 Å². The van der Waals surface area contributed by atoms with Crippen LogP contribution in [0, 0.1) is 0 Å². The molecular weight excluding hydrogens is 402 g/mol. The Labute approximate surface area is 186 Å². The van der Waals surface area contributed by atoms with Crippen LogP contribution in [0.2, 0.25) is 0 Å². The zero-order valence-electron chi connectivity index (χ0n) is 18.1. The third-order valence-corrected chi connectivity index (χ3v) is 5.17. The maximum Gasteiger partial charge on any atom is 0.277 e. The Morgan fingerprint density at radius 1 is 1.03 bits per heavy atom. The van der Waals surface area contributed by atoms with Crippen molar-refractivity contribution in [2.24, 2.45) is 5.10 Å². The molecule has 1 aromatic heterocycles. The molecule has 6 heteroatoms. The fourth-order valence-electron chi connectivity index (χ4n) is 3.35. The van der Waals surface area contributed by atoms with Gasteiger partial charge in [0.05, 0.1) is 12.3 Å². The quantitative estimate of drug-likeness (QED) is 0.314. The van der Waals surface area contributed by atoms with Gasteiger partial charge in [0, 0.05) is 17.1 Å². The summed E-state index contributed by atoms with van der Waals surface area (Å²) in [5, 5.41) is 7.19. The van der Waals surface area contributed by atoms with Crippen molar-refractivity contribution in [3.8, 4) is 11.5 Å². The van der Waals surface area contributed by atoms with Crippen LogP contribution in [0.5, 0.6) is 11.5 Å². The third kappa shape index (κ3) is 4.86. The molecule has 162 valence electrons. The summed E-state index contributed by atoms with van der Waals surface area (Å²) in [7, 11) is 0. The van der Waals surface area contributed by atoms with E-state index in [1.807, 2.05) is 67.6 Å². The molecule has 1 atom stereocenters. The van der Waals surface area contributed by atoms with Crippen LogP contribution < -0.4 is 14.9 Å². The second kappa shape index (κ2) is 9.92. The monoisotopic (exact) mass is 427 g/mol. The van der Waals surface area contributed by atoms with Crippen molar-refractivity contribution in [3.05, 3.63) is 78.5 Å². The SMILES string of the molecule is CC[C@@H](C)Oc1ccc2ccccc2c1/C=N/NC(=O)COc1cccc2cccnc12. The van der Waals surface area contributed by atoms with E-state index in [2.05, 4.69) is 22.4 Å². The first-order valence-corrected chi connectivity index (χ1v) is 10.6. The van der Waals surface area contributed by atoms with Crippen molar-refractivity contribution >= 4 is 33.8 Å². The van der Waals surface area contributed by atoms with E-state index < -0.39 is 0 Å². The maximum atomic E-state index is 12.3. The Balaban J connectivity index is 1.47. The van der Waals surface area contributed by atoms with Crippen LogP contribution in [-0.4, -0.2) is 29.8 Å². The first-order chi connectivity index (χ1) is 15.7. The summed E-state index contributed by atoms with van der Waals surface area (Å²) in [5.74, 6) is 0.925. The number of ether oxygens (including phenoxy) is 2. The molecule has 4 rings (SSSR count). The summed E-state index contributed by atoms with van der Waals surface area (Å²) in [5.41, 5.74) is 4.08. The van der Waals surface area contributed by atoms with E-state index in [-0.39, 0.29) is 18.6 Å². The topological polar surface area (TPSA) is 72.8 Å². The molecule has 4 aromatic rings. The van der Waals surface area contributed by atoms with E-state index in [1.54, 1.807) is 18.5 Å². The highest BCUT2D eigenvalue weighted by Crippen LogP contribution is 2.28. The number of hydrazone groups is 1. The maximum absolute atomic E-state index is 12.3. The van der Waals surface area contributed by atoms with Crippen LogP contribution in [0.1, 0.15) is 25.8 Å². The first kappa shape index (κ1) is 21.3. The Bertz CT molecular complexity index is 1260. The summed E-state index contributed by atoms with van der Waals surface area (Å²) in [4.78, 5) is 16.6. The molecule has 32 heavy (non-hydrogen) atoms. The largest absolute Gasteiger partial charge is 0.490 e. The van der Waals surface area contributed by atoms with Gasteiger partial charge in [-0.05, 0) is 42.3 Å². The summed E-state index contributed by atoms with van der Waals surface area (Å²) >= 11 is 0. The fraction of sp³-hybridized carbons (Fsp3) is 0.192. The van der Waals surface area contributed by atoms with Crippen LogP contribution >= 0.6 is 0 Å². The molecule has 0 aliphatic rings. The van der Waals surface area contributed by atoms with E-state index in [0.29, 0.717) is 11.3 Å². The van der Waals surface area contributed by atoms with Crippen LogP contribution in [0.25, 0.3) is 21.7 Å². The smallest absolute Gasteiger partial charge is 0.277 e. The number of nitrogens with zero attached hydrogens (tertiary/aromatic N) is 2. The summed E-state index contributed by atoms with van der Waals surface area (Å²) < 4.78 is 11.7. The number of hydrogen-bond donors (Lipinski definition) is 1. The molecule has 3 aromatic carbocycles. The van der Waals surface area contributed by atoms with Crippen LogP contribution in [0.3, 0.4) is 0 Å². The number of pyridine rings is 1. The van der Waals surface area contributed by atoms with Gasteiger partial charge in [-0.25, -0.2) is 5.43 Å². The second-order valence-electron chi connectivity index (χ2n) is 7.45. The molecule has 0 aliphatic carbocycles. The number of rotatable bonds is 8. The summed E-state index contributed by atoms with van der Waals surface area (Å²) in [6.45, 7) is 3.93. The molecular formula is C26H25N3O3. The van der Waals surface area contributed by atoms with Crippen molar-refractivity contribution in [1.82, 2.24) is 10.4 Å². The number of nitrogens with one attached hydrogen (secondary N) is 1. The van der Waals surface area contributed by atoms with Gasteiger partial charge >= 0.3 is 0 Å². The number of benzene rings is 3. The number of para-hydroxylation sites is 1. The number of amides is 1. The van der Waals surface area contributed by atoms with Gasteiger partial charge in [0.1, 0.15) is 17.0 Å².